The second-order valence-electron chi connectivity index (χ2n) is 7.63. The number of hydrogen-bond acceptors (Lipinski definition) is 6. The van der Waals surface area contributed by atoms with Crippen LogP contribution < -0.4 is 10.2 Å². The van der Waals surface area contributed by atoms with Crippen LogP contribution in [0.15, 0.2) is 42.5 Å². The molecule has 0 aromatic heterocycles. The number of esters is 1. The van der Waals surface area contributed by atoms with E-state index < -0.39 is 10.9 Å². The Hall–Kier alpha value is -3.42. The van der Waals surface area contributed by atoms with E-state index in [1.165, 1.54) is 6.07 Å². The minimum atomic E-state index is -0.405. The highest BCUT2D eigenvalue weighted by atomic mass is 16.6. The smallest absolute Gasteiger partial charge is 0.309 e. The number of aryl methyl sites for hydroxylation is 2. The summed E-state index contributed by atoms with van der Waals surface area (Å²) in [5.41, 5.74) is 3.37. The van der Waals surface area contributed by atoms with Crippen molar-refractivity contribution in [3.05, 3.63) is 63.7 Å². The van der Waals surface area contributed by atoms with Gasteiger partial charge in [-0.25, -0.2) is 0 Å². The lowest BCUT2D eigenvalue weighted by Crippen LogP contribution is -2.37. The molecule has 1 aliphatic rings. The number of piperidine rings is 1. The third-order valence-electron chi connectivity index (χ3n) is 5.60. The highest BCUT2D eigenvalue weighted by Crippen LogP contribution is 2.31. The first-order valence-electron chi connectivity index (χ1n) is 10.4. The molecule has 1 heterocycles. The van der Waals surface area contributed by atoms with Gasteiger partial charge in [-0.05, 0) is 43.4 Å². The van der Waals surface area contributed by atoms with Crippen molar-refractivity contribution in [1.82, 2.24) is 0 Å². The molecular formula is C23H27N3O5. The zero-order chi connectivity index (χ0) is 22.4. The van der Waals surface area contributed by atoms with E-state index >= 15 is 0 Å². The molecule has 1 aliphatic heterocycles. The third-order valence-corrected chi connectivity index (χ3v) is 5.60. The monoisotopic (exact) mass is 425 g/mol. The van der Waals surface area contributed by atoms with Crippen LogP contribution in [0.25, 0.3) is 0 Å². The molecule has 2 aromatic rings. The SMILES string of the molecule is CCc1cccc(C)c1NC(=O)COC(=O)C1CCN(c2ccccc2[N+](=O)[O-])CC1. The van der Waals surface area contributed by atoms with Crippen LogP contribution >= 0.6 is 0 Å². The van der Waals surface area contributed by atoms with Crippen LogP contribution in [-0.4, -0.2) is 36.5 Å². The number of para-hydroxylation sites is 3. The topological polar surface area (TPSA) is 102 Å². The molecule has 8 nitrogen and oxygen atoms in total. The van der Waals surface area contributed by atoms with Gasteiger partial charge < -0.3 is 15.0 Å². The number of amides is 1. The van der Waals surface area contributed by atoms with Gasteiger partial charge in [0.25, 0.3) is 11.6 Å². The molecule has 0 saturated carbocycles. The van der Waals surface area contributed by atoms with Crippen molar-refractivity contribution in [2.45, 2.75) is 33.1 Å². The second kappa shape index (κ2) is 10.1. The van der Waals surface area contributed by atoms with Gasteiger partial charge in [0.15, 0.2) is 6.61 Å². The summed E-state index contributed by atoms with van der Waals surface area (Å²) in [6, 6.07) is 12.4. The number of carbonyl (C=O) groups is 2. The molecule has 0 unspecified atom stereocenters. The van der Waals surface area contributed by atoms with E-state index in [-0.39, 0.29) is 24.1 Å². The summed E-state index contributed by atoms with van der Waals surface area (Å²) >= 11 is 0. The molecular weight excluding hydrogens is 398 g/mol. The van der Waals surface area contributed by atoms with Gasteiger partial charge in [0.1, 0.15) is 5.69 Å². The summed E-state index contributed by atoms with van der Waals surface area (Å²) in [7, 11) is 0. The van der Waals surface area contributed by atoms with Gasteiger partial charge >= 0.3 is 5.97 Å². The van der Waals surface area contributed by atoms with Gasteiger partial charge in [0.05, 0.1) is 10.8 Å². The molecule has 1 N–H and O–H groups in total. The van der Waals surface area contributed by atoms with Crippen LogP contribution in [-0.2, 0) is 20.7 Å². The number of benzene rings is 2. The van der Waals surface area contributed by atoms with E-state index in [1.54, 1.807) is 18.2 Å². The summed E-state index contributed by atoms with van der Waals surface area (Å²) in [5.74, 6) is -1.09. The number of carbonyl (C=O) groups excluding carboxylic acids is 2. The number of ether oxygens (including phenoxy) is 1. The Bertz CT molecular complexity index is 967. The average Bonchev–Trinajstić information content (AvgIpc) is 2.79. The molecule has 8 heteroatoms. The summed E-state index contributed by atoms with van der Waals surface area (Å²) in [5, 5.41) is 14.1. The molecule has 0 aliphatic carbocycles. The fourth-order valence-corrected chi connectivity index (χ4v) is 3.87. The Labute approximate surface area is 181 Å². The van der Waals surface area contributed by atoms with E-state index in [1.807, 2.05) is 36.9 Å². The van der Waals surface area contributed by atoms with Crippen LogP contribution in [0.2, 0.25) is 0 Å². The van der Waals surface area contributed by atoms with Crippen LogP contribution in [0.1, 0.15) is 30.9 Å². The quantitative estimate of drug-likeness (QED) is 0.411. The van der Waals surface area contributed by atoms with Crippen LogP contribution in [0.5, 0.6) is 0 Å². The Morgan fingerprint density at radius 2 is 1.87 bits per heavy atom. The molecule has 1 amide bonds. The molecule has 1 fully saturated rings. The molecule has 0 radical (unpaired) electrons. The predicted molar refractivity (Wildman–Crippen MR) is 118 cm³/mol. The van der Waals surface area contributed by atoms with Crippen molar-refractivity contribution < 1.29 is 19.2 Å². The first-order chi connectivity index (χ1) is 14.9. The highest BCUT2D eigenvalue weighted by molar-refractivity contribution is 5.94. The van der Waals surface area contributed by atoms with Gasteiger partial charge in [-0.3, -0.25) is 19.7 Å². The first-order valence-corrected chi connectivity index (χ1v) is 10.4. The molecule has 0 bridgehead atoms. The first kappa shape index (κ1) is 22.3. The summed E-state index contributed by atoms with van der Waals surface area (Å²) in [6.45, 7) is 4.63. The zero-order valence-electron chi connectivity index (χ0n) is 17.8. The second-order valence-corrected chi connectivity index (χ2v) is 7.63. The van der Waals surface area contributed by atoms with Gasteiger partial charge in [-0.1, -0.05) is 37.3 Å². The van der Waals surface area contributed by atoms with Crippen molar-refractivity contribution in [2.75, 3.05) is 29.9 Å². The summed E-state index contributed by atoms with van der Waals surface area (Å²) in [4.78, 5) is 37.5. The normalized spacial score (nSPS) is 14.2. The molecule has 2 aromatic carbocycles. The minimum Gasteiger partial charge on any atom is -0.455 e. The molecule has 164 valence electrons. The molecule has 1 saturated heterocycles. The molecule has 0 atom stereocenters. The Morgan fingerprint density at radius 1 is 1.16 bits per heavy atom. The maximum Gasteiger partial charge on any atom is 0.309 e. The van der Waals surface area contributed by atoms with Crippen molar-refractivity contribution in [2.24, 2.45) is 5.92 Å². The Kier molecular flexibility index (Phi) is 7.23. The largest absolute Gasteiger partial charge is 0.455 e. The molecule has 31 heavy (non-hydrogen) atoms. The number of nitro benzene ring substituents is 1. The molecule has 3 rings (SSSR count). The number of nitrogens with zero attached hydrogens (tertiary/aromatic N) is 2. The van der Waals surface area contributed by atoms with Crippen molar-refractivity contribution in [1.29, 1.82) is 0 Å². The van der Waals surface area contributed by atoms with Gasteiger partial charge in [0, 0.05) is 24.8 Å². The van der Waals surface area contributed by atoms with Crippen LogP contribution in [0, 0.1) is 23.0 Å². The maximum absolute atomic E-state index is 12.4. The fraction of sp³-hybridized carbons (Fsp3) is 0.391. The van der Waals surface area contributed by atoms with Crippen molar-refractivity contribution >= 4 is 28.9 Å². The Balaban J connectivity index is 1.51. The Morgan fingerprint density at radius 3 is 2.55 bits per heavy atom. The zero-order valence-corrected chi connectivity index (χ0v) is 17.8. The minimum absolute atomic E-state index is 0.0582. The lowest BCUT2D eigenvalue weighted by atomic mass is 9.96. The third kappa shape index (κ3) is 5.39. The van der Waals surface area contributed by atoms with Gasteiger partial charge in [-0.15, -0.1) is 0 Å². The maximum atomic E-state index is 12.4. The lowest BCUT2D eigenvalue weighted by molar-refractivity contribution is -0.384. The number of rotatable bonds is 7. The van der Waals surface area contributed by atoms with Gasteiger partial charge in [-0.2, -0.15) is 0 Å². The number of anilines is 2. The van der Waals surface area contributed by atoms with E-state index in [4.69, 9.17) is 4.74 Å². The fourth-order valence-electron chi connectivity index (χ4n) is 3.87. The number of nitro groups is 1. The highest BCUT2D eigenvalue weighted by Gasteiger charge is 2.29. The van der Waals surface area contributed by atoms with E-state index in [0.717, 1.165) is 23.2 Å². The van der Waals surface area contributed by atoms with E-state index in [9.17, 15) is 19.7 Å². The van der Waals surface area contributed by atoms with E-state index in [2.05, 4.69) is 5.32 Å². The number of nitrogens with one attached hydrogen (secondary N) is 1. The van der Waals surface area contributed by atoms with Crippen LogP contribution in [0.4, 0.5) is 17.1 Å². The van der Waals surface area contributed by atoms with Crippen molar-refractivity contribution in [3.8, 4) is 0 Å². The van der Waals surface area contributed by atoms with E-state index in [0.29, 0.717) is 31.6 Å². The number of hydrogen-bond donors (Lipinski definition) is 1. The predicted octanol–water partition coefficient (Wildman–Crippen LogP) is 3.86. The van der Waals surface area contributed by atoms with Gasteiger partial charge in [0.2, 0.25) is 0 Å². The standard InChI is InChI=1S/C23H27N3O5/c1-3-17-8-6-7-16(2)22(17)24-21(27)15-31-23(28)18-11-13-25(14-12-18)19-9-4-5-10-20(19)26(29)30/h4-10,18H,3,11-15H2,1-2H3,(H,24,27). The van der Waals surface area contributed by atoms with Crippen molar-refractivity contribution in [3.63, 3.8) is 0 Å². The molecule has 0 spiro atoms. The lowest BCUT2D eigenvalue weighted by Gasteiger charge is -2.32. The summed E-state index contributed by atoms with van der Waals surface area (Å²) < 4.78 is 5.25. The summed E-state index contributed by atoms with van der Waals surface area (Å²) in [6.07, 6.45) is 1.82. The average molecular weight is 425 g/mol. The van der Waals surface area contributed by atoms with Crippen LogP contribution in [0.3, 0.4) is 0 Å².